The van der Waals surface area contributed by atoms with Gasteiger partial charge in [0.15, 0.2) is 0 Å². The Labute approximate surface area is 125 Å². The predicted molar refractivity (Wildman–Crippen MR) is 80.1 cm³/mol. The average molecular weight is 295 g/mol. The third-order valence-electron chi connectivity index (χ3n) is 3.81. The second kappa shape index (κ2) is 5.77. The van der Waals surface area contributed by atoms with Gasteiger partial charge in [-0.05, 0) is 20.3 Å². The molecular formula is C15H25N3O3. The zero-order valence-corrected chi connectivity index (χ0v) is 13.4. The second-order valence-electron chi connectivity index (χ2n) is 7.01. The lowest BCUT2D eigenvalue weighted by Crippen LogP contribution is -2.43. The van der Waals surface area contributed by atoms with E-state index >= 15 is 0 Å². The number of β-amino-alcohol motifs (C(OH)–C–C–N with tert-alkyl or cyclic N) is 1. The van der Waals surface area contributed by atoms with Gasteiger partial charge in [0.05, 0.1) is 17.8 Å². The van der Waals surface area contributed by atoms with Gasteiger partial charge < -0.3 is 9.63 Å². The maximum atomic E-state index is 12.4. The summed E-state index contributed by atoms with van der Waals surface area (Å²) in [5.74, 6) is 0.201. The van der Waals surface area contributed by atoms with Crippen molar-refractivity contribution in [2.75, 3.05) is 11.9 Å². The summed E-state index contributed by atoms with van der Waals surface area (Å²) in [5, 5.41) is 16.5. The van der Waals surface area contributed by atoms with Crippen LogP contribution in [-0.2, 0) is 10.2 Å². The summed E-state index contributed by atoms with van der Waals surface area (Å²) < 4.78 is 5.18. The largest absolute Gasteiger partial charge is 0.392 e. The lowest BCUT2D eigenvalue weighted by atomic mass is 9.92. The standard InChI is InChI=1S/C15H25N3O3/c1-9(2)18-8-10(19)6-11(18)14(20)16-13-7-12(17-21-13)15(3,4)5/h7,9-11,19H,6,8H2,1-5H3,(H,16,20)/t10-,11-/m0/s1. The molecule has 1 aliphatic rings. The number of hydrogen-bond acceptors (Lipinski definition) is 5. The molecule has 0 aromatic carbocycles. The maximum Gasteiger partial charge on any atom is 0.244 e. The zero-order valence-electron chi connectivity index (χ0n) is 13.4. The number of carbonyl (C=O) groups is 1. The third-order valence-corrected chi connectivity index (χ3v) is 3.81. The van der Waals surface area contributed by atoms with Crippen molar-refractivity contribution in [1.29, 1.82) is 0 Å². The fourth-order valence-electron chi connectivity index (χ4n) is 2.56. The molecule has 118 valence electrons. The Morgan fingerprint density at radius 1 is 1.52 bits per heavy atom. The lowest BCUT2D eigenvalue weighted by molar-refractivity contribution is -0.121. The summed E-state index contributed by atoms with van der Waals surface area (Å²) in [6.07, 6.45) is -0.00686. The first-order valence-electron chi connectivity index (χ1n) is 7.40. The third kappa shape index (κ3) is 3.63. The molecule has 2 N–H and O–H groups in total. The van der Waals surface area contributed by atoms with Crippen LogP contribution in [0.2, 0.25) is 0 Å². The number of aliphatic hydroxyl groups excluding tert-OH is 1. The Bertz CT molecular complexity index is 505. The molecule has 2 heterocycles. The number of anilines is 1. The van der Waals surface area contributed by atoms with Crippen molar-refractivity contribution in [3.05, 3.63) is 11.8 Å². The van der Waals surface area contributed by atoms with Crippen LogP contribution in [0.5, 0.6) is 0 Å². The van der Waals surface area contributed by atoms with E-state index in [0.29, 0.717) is 18.8 Å². The Morgan fingerprint density at radius 3 is 2.71 bits per heavy atom. The van der Waals surface area contributed by atoms with E-state index in [0.717, 1.165) is 5.69 Å². The van der Waals surface area contributed by atoms with Crippen molar-refractivity contribution >= 4 is 11.8 Å². The van der Waals surface area contributed by atoms with Crippen molar-refractivity contribution in [2.45, 2.75) is 64.6 Å². The topological polar surface area (TPSA) is 78.6 Å². The van der Waals surface area contributed by atoms with E-state index in [1.165, 1.54) is 0 Å². The molecule has 0 saturated carbocycles. The van der Waals surface area contributed by atoms with E-state index in [4.69, 9.17) is 4.52 Å². The monoisotopic (exact) mass is 295 g/mol. The number of rotatable bonds is 3. The van der Waals surface area contributed by atoms with Crippen LogP contribution in [0.15, 0.2) is 10.6 Å². The van der Waals surface area contributed by atoms with Crippen LogP contribution in [0.1, 0.15) is 46.7 Å². The van der Waals surface area contributed by atoms with Crippen molar-refractivity contribution < 1.29 is 14.4 Å². The number of nitrogens with one attached hydrogen (secondary N) is 1. The summed E-state index contributed by atoms with van der Waals surface area (Å²) in [5.41, 5.74) is 0.671. The lowest BCUT2D eigenvalue weighted by Gasteiger charge is -2.26. The van der Waals surface area contributed by atoms with Gasteiger partial charge in [-0.25, -0.2) is 0 Å². The molecule has 1 aromatic rings. The number of amides is 1. The Kier molecular flexibility index (Phi) is 4.39. The molecule has 0 radical (unpaired) electrons. The van der Waals surface area contributed by atoms with Gasteiger partial charge in [0.2, 0.25) is 11.8 Å². The average Bonchev–Trinajstić information content (AvgIpc) is 2.94. The fraction of sp³-hybridized carbons (Fsp3) is 0.733. The zero-order chi connectivity index (χ0) is 15.8. The molecule has 0 bridgehead atoms. The predicted octanol–water partition coefficient (Wildman–Crippen LogP) is 1.75. The highest BCUT2D eigenvalue weighted by molar-refractivity contribution is 5.94. The van der Waals surface area contributed by atoms with Gasteiger partial charge >= 0.3 is 0 Å². The number of carbonyl (C=O) groups excluding carboxylic acids is 1. The molecular weight excluding hydrogens is 270 g/mol. The minimum atomic E-state index is -0.456. The smallest absolute Gasteiger partial charge is 0.244 e. The highest BCUT2D eigenvalue weighted by atomic mass is 16.5. The Morgan fingerprint density at radius 2 is 2.19 bits per heavy atom. The highest BCUT2D eigenvalue weighted by Gasteiger charge is 2.37. The maximum absolute atomic E-state index is 12.4. The first kappa shape index (κ1) is 16.0. The quantitative estimate of drug-likeness (QED) is 0.888. The highest BCUT2D eigenvalue weighted by Crippen LogP contribution is 2.25. The van der Waals surface area contributed by atoms with Crippen LogP contribution in [0.25, 0.3) is 0 Å². The number of aliphatic hydroxyl groups is 1. The van der Waals surface area contributed by atoms with E-state index in [2.05, 4.69) is 10.5 Å². The van der Waals surface area contributed by atoms with Gasteiger partial charge in [-0.3, -0.25) is 15.0 Å². The van der Waals surface area contributed by atoms with Gasteiger partial charge in [-0.1, -0.05) is 25.9 Å². The Balaban J connectivity index is 2.06. The van der Waals surface area contributed by atoms with Crippen LogP contribution in [0, 0.1) is 0 Å². The second-order valence-corrected chi connectivity index (χ2v) is 7.01. The van der Waals surface area contributed by atoms with Crippen LogP contribution < -0.4 is 5.32 Å². The molecule has 21 heavy (non-hydrogen) atoms. The molecule has 1 aromatic heterocycles. The summed E-state index contributed by atoms with van der Waals surface area (Å²) in [7, 11) is 0. The minimum absolute atomic E-state index is 0.125. The van der Waals surface area contributed by atoms with Crippen LogP contribution >= 0.6 is 0 Å². The van der Waals surface area contributed by atoms with Crippen LogP contribution in [0.4, 0.5) is 5.88 Å². The summed E-state index contributed by atoms with van der Waals surface area (Å²) in [6, 6.07) is 1.63. The number of aromatic nitrogens is 1. The molecule has 1 amide bonds. The van der Waals surface area contributed by atoms with E-state index in [1.54, 1.807) is 6.07 Å². The number of hydrogen-bond donors (Lipinski definition) is 2. The molecule has 1 fully saturated rings. The number of likely N-dealkylation sites (tertiary alicyclic amines) is 1. The SMILES string of the molecule is CC(C)N1C[C@@H](O)C[C@H]1C(=O)Nc1cc(C(C)(C)C)no1. The van der Waals surface area contributed by atoms with Crippen LogP contribution in [-0.4, -0.2) is 45.8 Å². The van der Waals surface area contributed by atoms with Gasteiger partial charge in [0, 0.05) is 24.1 Å². The molecule has 2 atom stereocenters. The fourth-order valence-corrected chi connectivity index (χ4v) is 2.56. The van der Waals surface area contributed by atoms with Crippen molar-refractivity contribution in [3.63, 3.8) is 0 Å². The summed E-state index contributed by atoms with van der Waals surface area (Å²) >= 11 is 0. The number of nitrogens with zero attached hydrogens (tertiary/aromatic N) is 2. The molecule has 6 nitrogen and oxygen atoms in total. The molecule has 1 aliphatic heterocycles. The van der Waals surface area contributed by atoms with E-state index in [-0.39, 0.29) is 23.4 Å². The van der Waals surface area contributed by atoms with Crippen molar-refractivity contribution in [1.82, 2.24) is 10.1 Å². The van der Waals surface area contributed by atoms with Gasteiger partial charge in [-0.15, -0.1) is 0 Å². The van der Waals surface area contributed by atoms with Crippen molar-refractivity contribution in [2.24, 2.45) is 0 Å². The Hall–Kier alpha value is -1.40. The van der Waals surface area contributed by atoms with Gasteiger partial charge in [-0.2, -0.15) is 0 Å². The van der Waals surface area contributed by atoms with Gasteiger partial charge in [0.25, 0.3) is 0 Å². The van der Waals surface area contributed by atoms with E-state index < -0.39 is 6.10 Å². The van der Waals surface area contributed by atoms with Crippen LogP contribution in [0.3, 0.4) is 0 Å². The van der Waals surface area contributed by atoms with Gasteiger partial charge in [0.1, 0.15) is 0 Å². The minimum Gasteiger partial charge on any atom is -0.392 e. The molecule has 0 aliphatic carbocycles. The van der Waals surface area contributed by atoms with E-state index in [1.807, 2.05) is 39.5 Å². The first-order valence-corrected chi connectivity index (χ1v) is 7.40. The molecule has 0 spiro atoms. The van der Waals surface area contributed by atoms with E-state index in [9.17, 15) is 9.90 Å². The molecule has 2 rings (SSSR count). The molecule has 1 saturated heterocycles. The first-order chi connectivity index (χ1) is 9.68. The normalized spacial score (nSPS) is 23.8. The summed E-state index contributed by atoms with van der Waals surface area (Å²) in [4.78, 5) is 14.4. The van der Waals surface area contributed by atoms with Crippen molar-refractivity contribution in [3.8, 4) is 0 Å². The molecule has 0 unspecified atom stereocenters. The summed E-state index contributed by atoms with van der Waals surface area (Å²) in [6.45, 7) is 10.7. The molecule has 6 heteroatoms.